The standard InChI is InChI=1S/C14H22N4O2/c1-11(2)9-17(10-12-4-3-7-15-12)14-6-5-13(8-16-14)18(19)20/h5-6,8,11-12,15H,3-4,7,9-10H2,1-2H3. The van der Waals surface area contributed by atoms with Crippen LogP contribution in [0.15, 0.2) is 18.3 Å². The Morgan fingerprint density at radius 3 is 2.85 bits per heavy atom. The maximum Gasteiger partial charge on any atom is 0.287 e. The Balaban J connectivity index is 2.09. The summed E-state index contributed by atoms with van der Waals surface area (Å²) in [7, 11) is 0. The van der Waals surface area contributed by atoms with Crippen LogP contribution in [0.4, 0.5) is 11.5 Å². The smallest absolute Gasteiger partial charge is 0.287 e. The number of nitrogens with zero attached hydrogens (tertiary/aromatic N) is 3. The molecule has 1 fully saturated rings. The van der Waals surface area contributed by atoms with Crippen molar-refractivity contribution in [1.29, 1.82) is 0 Å². The molecule has 1 aromatic rings. The van der Waals surface area contributed by atoms with Gasteiger partial charge in [0.15, 0.2) is 0 Å². The van der Waals surface area contributed by atoms with Crippen LogP contribution in [0, 0.1) is 16.0 Å². The third kappa shape index (κ3) is 3.90. The summed E-state index contributed by atoms with van der Waals surface area (Å²) in [5, 5.41) is 14.2. The number of nitro groups is 1. The number of hydrogen-bond acceptors (Lipinski definition) is 5. The van der Waals surface area contributed by atoms with Gasteiger partial charge in [-0.25, -0.2) is 4.98 Å². The van der Waals surface area contributed by atoms with E-state index in [2.05, 4.69) is 29.0 Å². The minimum atomic E-state index is -0.415. The van der Waals surface area contributed by atoms with E-state index < -0.39 is 4.92 Å². The van der Waals surface area contributed by atoms with Crippen LogP contribution in [0.25, 0.3) is 0 Å². The predicted octanol–water partition coefficient (Wildman–Crippen LogP) is 2.20. The molecule has 0 spiro atoms. The molecule has 20 heavy (non-hydrogen) atoms. The van der Waals surface area contributed by atoms with Gasteiger partial charge in [0.1, 0.15) is 12.0 Å². The zero-order chi connectivity index (χ0) is 14.5. The Kier molecular flexibility index (Phi) is 4.89. The maximum atomic E-state index is 10.7. The summed E-state index contributed by atoms with van der Waals surface area (Å²) < 4.78 is 0. The van der Waals surface area contributed by atoms with Crippen LogP contribution >= 0.6 is 0 Å². The van der Waals surface area contributed by atoms with Gasteiger partial charge in [-0.3, -0.25) is 10.1 Å². The molecule has 2 heterocycles. The molecule has 1 aromatic heterocycles. The Labute approximate surface area is 119 Å². The quantitative estimate of drug-likeness (QED) is 0.638. The van der Waals surface area contributed by atoms with Gasteiger partial charge >= 0.3 is 0 Å². The van der Waals surface area contributed by atoms with E-state index in [1.54, 1.807) is 6.07 Å². The Morgan fingerprint density at radius 1 is 1.55 bits per heavy atom. The molecule has 0 bridgehead atoms. The van der Waals surface area contributed by atoms with Gasteiger partial charge in [-0.2, -0.15) is 0 Å². The second-order valence-corrected chi connectivity index (χ2v) is 5.72. The zero-order valence-corrected chi connectivity index (χ0v) is 12.1. The van der Waals surface area contributed by atoms with Gasteiger partial charge < -0.3 is 10.2 Å². The highest BCUT2D eigenvalue weighted by molar-refractivity contribution is 5.43. The van der Waals surface area contributed by atoms with Crippen molar-refractivity contribution in [3.63, 3.8) is 0 Å². The zero-order valence-electron chi connectivity index (χ0n) is 12.1. The van der Waals surface area contributed by atoms with Gasteiger partial charge in [0.25, 0.3) is 5.69 Å². The lowest BCUT2D eigenvalue weighted by atomic mass is 10.1. The number of pyridine rings is 1. The molecule has 1 atom stereocenters. The van der Waals surface area contributed by atoms with E-state index in [4.69, 9.17) is 0 Å². The first-order valence-corrected chi connectivity index (χ1v) is 7.15. The first kappa shape index (κ1) is 14.7. The van der Waals surface area contributed by atoms with Crippen molar-refractivity contribution >= 4 is 11.5 Å². The van der Waals surface area contributed by atoms with Crippen molar-refractivity contribution in [1.82, 2.24) is 10.3 Å². The molecule has 1 saturated heterocycles. The van der Waals surface area contributed by atoms with Crippen LogP contribution in [0.3, 0.4) is 0 Å². The molecule has 6 heteroatoms. The highest BCUT2D eigenvalue weighted by Crippen LogP contribution is 2.19. The van der Waals surface area contributed by atoms with Gasteiger partial charge in [0.2, 0.25) is 0 Å². The fourth-order valence-corrected chi connectivity index (χ4v) is 2.55. The lowest BCUT2D eigenvalue weighted by Gasteiger charge is -2.28. The van der Waals surface area contributed by atoms with Crippen molar-refractivity contribution in [3.8, 4) is 0 Å². The summed E-state index contributed by atoms with van der Waals surface area (Å²) in [6.07, 6.45) is 3.74. The second kappa shape index (κ2) is 6.65. The first-order chi connectivity index (χ1) is 9.56. The van der Waals surface area contributed by atoms with Crippen molar-refractivity contribution in [2.75, 3.05) is 24.5 Å². The normalized spacial score (nSPS) is 18.4. The predicted molar refractivity (Wildman–Crippen MR) is 79.0 cm³/mol. The highest BCUT2D eigenvalue weighted by atomic mass is 16.6. The van der Waals surface area contributed by atoms with Crippen molar-refractivity contribution in [3.05, 3.63) is 28.4 Å². The molecule has 1 aliphatic heterocycles. The van der Waals surface area contributed by atoms with E-state index in [1.807, 2.05) is 0 Å². The minimum Gasteiger partial charge on any atom is -0.355 e. The number of hydrogen-bond donors (Lipinski definition) is 1. The van der Waals surface area contributed by atoms with E-state index in [0.29, 0.717) is 12.0 Å². The molecule has 0 amide bonds. The molecule has 0 radical (unpaired) electrons. The van der Waals surface area contributed by atoms with Crippen LogP contribution < -0.4 is 10.2 Å². The minimum absolute atomic E-state index is 0.0391. The lowest BCUT2D eigenvalue weighted by molar-refractivity contribution is -0.385. The molecule has 0 aliphatic carbocycles. The summed E-state index contributed by atoms with van der Waals surface area (Å²) in [5.41, 5.74) is 0.0391. The van der Waals surface area contributed by atoms with Crippen LogP contribution in [0.5, 0.6) is 0 Å². The molecule has 1 unspecified atom stereocenters. The van der Waals surface area contributed by atoms with E-state index in [-0.39, 0.29) is 5.69 Å². The second-order valence-electron chi connectivity index (χ2n) is 5.72. The van der Waals surface area contributed by atoms with E-state index in [1.165, 1.54) is 25.1 Å². The molecule has 2 rings (SSSR count). The first-order valence-electron chi connectivity index (χ1n) is 7.15. The Hall–Kier alpha value is -1.69. The average molecular weight is 278 g/mol. The van der Waals surface area contributed by atoms with E-state index in [9.17, 15) is 10.1 Å². The highest BCUT2D eigenvalue weighted by Gasteiger charge is 2.20. The van der Waals surface area contributed by atoms with Gasteiger partial charge in [0.05, 0.1) is 4.92 Å². The van der Waals surface area contributed by atoms with Crippen LogP contribution in [-0.2, 0) is 0 Å². The molecular weight excluding hydrogens is 256 g/mol. The Bertz CT molecular complexity index is 441. The van der Waals surface area contributed by atoms with E-state index in [0.717, 1.165) is 25.5 Å². The summed E-state index contributed by atoms with van der Waals surface area (Å²) in [4.78, 5) is 16.7. The summed E-state index contributed by atoms with van der Waals surface area (Å²) >= 11 is 0. The average Bonchev–Trinajstić information content (AvgIpc) is 2.90. The molecule has 110 valence electrons. The van der Waals surface area contributed by atoms with Crippen molar-refractivity contribution in [2.24, 2.45) is 5.92 Å². The lowest BCUT2D eigenvalue weighted by Crippen LogP contribution is -2.39. The fraction of sp³-hybridized carbons (Fsp3) is 0.643. The molecule has 1 N–H and O–H groups in total. The van der Waals surface area contributed by atoms with Gasteiger partial charge in [0, 0.05) is 25.2 Å². The molecule has 6 nitrogen and oxygen atoms in total. The molecular formula is C14H22N4O2. The van der Waals surface area contributed by atoms with E-state index >= 15 is 0 Å². The monoisotopic (exact) mass is 278 g/mol. The van der Waals surface area contributed by atoms with Crippen LogP contribution in [0.1, 0.15) is 26.7 Å². The van der Waals surface area contributed by atoms with Crippen LogP contribution in [0.2, 0.25) is 0 Å². The fourth-order valence-electron chi connectivity index (χ4n) is 2.55. The molecule has 0 saturated carbocycles. The summed E-state index contributed by atoms with van der Waals surface area (Å²) in [5.74, 6) is 1.34. The van der Waals surface area contributed by atoms with Crippen molar-refractivity contribution in [2.45, 2.75) is 32.7 Å². The number of anilines is 1. The number of aromatic nitrogens is 1. The summed E-state index contributed by atoms with van der Waals surface area (Å²) in [6.45, 7) is 7.22. The Morgan fingerprint density at radius 2 is 2.35 bits per heavy atom. The largest absolute Gasteiger partial charge is 0.355 e. The summed E-state index contributed by atoms with van der Waals surface area (Å²) in [6, 6.07) is 3.76. The molecule has 0 aromatic carbocycles. The van der Waals surface area contributed by atoms with Crippen LogP contribution in [-0.4, -0.2) is 35.6 Å². The van der Waals surface area contributed by atoms with Gasteiger partial charge in [-0.05, 0) is 31.4 Å². The third-order valence-electron chi connectivity index (χ3n) is 3.46. The third-order valence-corrected chi connectivity index (χ3v) is 3.46. The maximum absolute atomic E-state index is 10.7. The molecule has 1 aliphatic rings. The van der Waals surface area contributed by atoms with Gasteiger partial charge in [-0.1, -0.05) is 13.8 Å². The van der Waals surface area contributed by atoms with Crippen molar-refractivity contribution < 1.29 is 4.92 Å². The SMILES string of the molecule is CC(C)CN(CC1CCCN1)c1ccc([N+](=O)[O-])cn1. The number of nitrogens with one attached hydrogen (secondary N) is 1. The van der Waals surface area contributed by atoms with Gasteiger partial charge in [-0.15, -0.1) is 0 Å². The topological polar surface area (TPSA) is 71.3 Å². The number of rotatable bonds is 6.